The Labute approximate surface area is 159 Å². The summed E-state index contributed by atoms with van der Waals surface area (Å²) in [5, 5.41) is 19.9. The summed E-state index contributed by atoms with van der Waals surface area (Å²) in [6.07, 6.45) is 1.37. The van der Waals surface area contributed by atoms with Crippen LogP contribution in [0.5, 0.6) is 0 Å². The average molecular weight is 377 g/mol. The Morgan fingerprint density at radius 1 is 1.25 bits per heavy atom. The molecule has 0 aliphatic heterocycles. The smallest absolute Gasteiger partial charge is 0.270 e. The fourth-order valence-corrected chi connectivity index (χ4v) is 2.77. The third kappa shape index (κ3) is 3.86. The molecule has 0 spiro atoms. The summed E-state index contributed by atoms with van der Waals surface area (Å²) in [4.78, 5) is 41.4. The molecule has 0 saturated heterocycles. The van der Waals surface area contributed by atoms with Gasteiger partial charge in [-0.05, 0) is 18.2 Å². The summed E-state index contributed by atoms with van der Waals surface area (Å²) in [6, 6.07) is 14.6. The predicted molar refractivity (Wildman–Crippen MR) is 102 cm³/mol. The Bertz CT molecular complexity index is 1130. The maximum absolute atomic E-state index is 12.8. The summed E-state index contributed by atoms with van der Waals surface area (Å²) >= 11 is 0. The maximum Gasteiger partial charge on any atom is 0.270 e. The first kappa shape index (κ1) is 18.7. The van der Waals surface area contributed by atoms with E-state index in [4.69, 9.17) is 5.26 Å². The molecule has 28 heavy (non-hydrogen) atoms. The molecule has 3 aromatic rings. The third-order valence-corrected chi connectivity index (χ3v) is 4.14. The summed E-state index contributed by atoms with van der Waals surface area (Å²) in [5.74, 6) is -0.393. The van der Waals surface area contributed by atoms with Crippen molar-refractivity contribution in [3.8, 4) is 6.07 Å². The third-order valence-electron chi connectivity index (χ3n) is 4.14. The first-order chi connectivity index (χ1) is 13.5. The van der Waals surface area contributed by atoms with E-state index in [1.807, 2.05) is 6.07 Å². The zero-order valence-electron chi connectivity index (χ0n) is 14.7. The van der Waals surface area contributed by atoms with E-state index in [2.05, 4.69) is 4.98 Å². The van der Waals surface area contributed by atoms with Crippen molar-refractivity contribution < 1.29 is 9.72 Å². The lowest BCUT2D eigenvalue weighted by Crippen LogP contribution is -2.37. The zero-order chi connectivity index (χ0) is 20.1. The van der Waals surface area contributed by atoms with Crippen LogP contribution in [0.1, 0.15) is 6.42 Å². The van der Waals surface area contributed by atoms with Crippen LogP contribution in [0.15, 0.2) is 59.7 Å². The molecule has 2 aromatic carbocycles. The van der Waals surface area contributed by atoms with Crippen LogP contribution in [0, 0.1) is 21.4 Å². The first-order valence-electron chi connectivity index (χ1n) is 8.37. The van der Waals surface area contributed by atoms with Crippen LogP contribution in [0.3, 0.4) is 0 Å². The highest BCUT2D eigenvalue weighted by Crippen LogP contribution is 2.17. The zero-order valence-corrected chi connectivity index (χ0v) is 14.7. The molecule has 0 radical (unpaired) electrons. The number of nitrogens with zero attached hydrogens (tertiary/aromatic N) is 5. The van der Waals surface area contributed by atoms with E-state index < -0.39 is 16.4 Å². The van der Waals surface area contributed by atoms with Gasteiger partial charge in [0.1, 0.15) is 6.54 Å². The summed E-state index contributed by atoms with van der Waals surface area (Å²) in [6.45, 7) is -0.120. The van der Waals surface area contributed by atoms with Crippen LogP contribution in [-0.4, -0.2) is 26.9 Å². The van der Waals surface area contributed by atoms with Crippen molar-refractivity contribution in [2.75, 3.05) is 11.4 Å². The van der Waals surface area contributed by atoms with Crippen LogP contribution in [-0.2, 0) is 11.3 Å². The molecule has 140 valence electrons. The minimum Gasteiger partial charge on any atom is -0.310 e. The highest BCUT2D eigenvalue weighted by molar-refractivity contribution is 5.93. The quantitative estimate of drug-likeness (QED) is 0.480. The summed E-state index contributed by atoms with van der Waals surface area (Å²) < 4.78 is 1.11. The Morgan fingerprint density at radius 2 is 2.00 bits per heavy atom. The number of aromatic nitrogens is 2. The average Bonchev–Trinajstić information content (AvgIpc) is 2.71. The molecule has 0 aliphatic carbocycles. The number of hydrogen-bond acceptors (Lipinski definition) is 6. The minimum absolute atomic E-state index is 0.0628. The number of carbonyl (C=O) groups is 1. The predicted octanol–water partition coefficient (Wildman–Crippen LogP) is 2.25. The van der Waals surface area contributed by atoms with Gasteiger partial charge < -0.3 is 4.90 Å². The van der Waals surface area contributed by atoms with Gasteiger partial charge in [0.2, 0.25) is 5.91 Å². The van der Waals surface area contributed by atoms with Crippen molar-refractivity contribution in [1.29, 1.82) is 5.26 Å². The van der Waals surface area contributed by atoms with Crippen LogP contribution >= 0.6 is 0 Å². The standard InChI is InChI=1S/C19H15N5O4/c20-9-4-10-23(14-5-2-1-3-6-14)18(25)12-22-13-21-17-8-7-15(24(27)28)11-16(17)19(22)26/h1-3,5-8,11,13H,4,10,12H2. The number of anilines is 1. The van der Waals surface area contributed by atoms with Gasteiger partial charge in [-0.15, -0.1) is 0 Å². The molecule has 3 rings (SSSR count). The van der Waals surface area contributed by atoms with Crippen LogP contribution in [0.2, 0.25) is 0 Å². The van der Waals surface area contributed by atoms with Gasteiger partial charge in [-0.25, -0.2) is 4.98 Å². The van der Waals surface area contributed by atoms with E-state index in [1.165, 1.54) is 23.4 Å². The molecule has 0 bridgehead atoms. The van der Waals surface area contributed by atoms with E-state index >= 15 is 0 Å². The second-order valence-electron chi connectivity index (χ2n) is 5.93. The van der Waals surface area contributed by atoms with Crippen molar-refractivity contribution in [3.05, 3.63) is 75.3 Å². The fourth-order valence-electron chi connectivity index (χ4n) is 2.77. The van der Waals surface area contributed by atoms with Crippen molar-refractivity contribution in [2.24, 2.45) is 0 Å². The second kappa shape index (κ2) is 8.09. The van der Waals surface area contributed by atoms with Crippen LogP contribution in [0.4, 0.5) is 11.4 Å². The normalized spacial score (nSPS) is 10.4. The van der Waals surface area contributed by atoms with Crippen molar-refractivity contribution in [1.82, 2.24) is 9.55 Å². The molecule has 0 atom stereocenters. The van der Waals surface area contributed by atoms with E-state index in [9.17, 15) is 19.7 Å². The second-order valence-corrected chi connectivity index (χ2v) is 5.93. The number of nitro benzene ring substituents is 1. The van der Waals surface area contributed by atoms with Gasteiger partial charge in [0.05, 0.1) is 34.6 Å². The number of benzene rings is 2. The molecule has 0 N–H and O–H groups in total. The Balaban J connectivity index is 1.94. The molecule has 1 heterocycles. The molecular formula is C19H15N5O4. The number of nitriles is 1. The molecule has 0 fully saturated rings. The molecule has 9 nitrogen and oxygen atoms in total. The number of para-hydroxylation sites is 1. The van der Waals surface area contributed by atoms with Gasteiger partial charge in [-0.2, -0.15) is 5.26 Å². The summed E-state index contributed by atoms with van der Waals surface area (Å²) in [7, 11) is 0. The van der Waals surface area contributed by atoms with Gasteiger partial charge in [-0.1, -0.05) is 18.2 Å². The molecule has 0 aliphatic rings. The Hall–Kier alpha value is -4.06. The molecule has 0 unspecified atom stereocenters. The number of rotatable bonds is 6. The monoisotopic (exact) mass is 377 g/mol. The number of non-ortho nitro benzene ring substituents is 1. The van der Waals surface area contributed by atoms with E-state index in [1.54, 1.807) is 30.3 Å². The number of nitro groups is 1. The van der Waals surface area contributed by atoms with Gasteiger partial charge in [-0.3, -0.25) is 24.3 Å². The number of fused-ring (bicyclic) bond motifs is 1. The molecule has 1 aromatic heterocycles. The molecule has 1 amide bonds. The molecular weight excluding hydrogens is 362 g/mol. The molecule has 0 saturated carbocycles. The van der Waals surface area contributed by atoms with Crippen molar-refractivity contribution in [2.45, 2.75) is 13.0 Å². The van der Waals surface area contributed by atoms with Crippen LogP contribution in [0.25, 0.3) is 10.9 Å². The summed E-state index contributed by atoms with van der Waals surface area (Å²) in [5.41, 5.74) is 0.148. The minimum atomic E-state index is -0.597. The topological polar surface area (TPSA) is 122 Å². The highest BCUT2D eigenvalue weighted by atomic mass is 16.6. The Morgan fingerprint density at radius 3 is 2.68 bits per heavy atom. The number of amides is 1. The van der Waals surface area contributed by atoms with Crippen LogP contribution < -0.4 is 10.5 Å². The SMILES string of the molecule is N#CCCN(C(=O)Cn1cnc2ccc([N+](=O)[O-])cc2c1=O)c1ccccc1. The fraction of sp³-hybridized carbons (Fsp3) is 0.158. The van der Waals surface area contributed by atoms with Gasteiger partial charge >= 0.3 is 0 Å². The lowest BCUT2D eigenvalue weighted by molar-refractivity contribution is -0.384. The van der Waals surface area contributed by atoms with Gasteiger partial charge in [0.15, 0.2) is 0 Å². The van der Waals surface area contributed by atoms with Crippen molar-refractivity contribution in [3.63, 3.8) is 0 Å². The molecule has 9 heteroatoms. The van der Waals surface area contributed by atoms with E-state index in [0.29, 0.717) is 11.2 Å². The Kier molecular flexibility index (Phi) is 5.41. The van der Waals surface area contributed by atoms with E-state index in [0.717, 1.165) is 10.6 Å². The first-order valence-corrected chi connectivity index (χ1v) is 8.37. The number of hydrogen-bond donors (Lipinski definition) is 0. The largest absolute Gasteiger partial charge is 0.310 e. The van der Waals surface area contributed by atoms with Gasteiger partial charge in [0, 0.05) is 24.4 Å². The lowest BCUT2D eigenvalue weighted by atomic mass is 10.2. The van der Waals surface area contributed by atoms with Gasteiger partial charge in [0.25, 0.3) is 11.2 Å². The van der Waals surface area contributed by atoms with Crippen molar-refractivity contribution >= 4 is 28.2 Å². The highest BCUT2D eigenvalue weighted by Gasteiger charge is 2.18. The van der Waals surface area contributed by atoms with E-state index in [-0.39, 0.29) is 30.6 Å². The lowest BCUT2D eigenvalue weighted by Gasteiger charge is -2.22. The maximum atomic E-state index is 12.8. The number of carbonyl (C=O) groups excluding carboxylic acids is 1.